The molecule has 2 aromatic heterocycles. The molecule has 1 N–H and O–H groups in total. The summed E-state index contributed by atoms with van der Waals surface area (Å²) in [5.74, 6) is -1.46. The van der Waals surface area contributed by atoms with E-state index in [1.807, 2.05) is 23.4 Å². The van der Waals surface area contributed by atoms with E-state index in [9.17, 15) is 9.59 Å². The predicted octanol–water partition coefficient (Wildman–Crippen LogP) is 3.50. The van der Waals surface area contributed by atoms with Gasteiger partial charge in [0, 0.05) is 28.7 Å². The highest BCUT2D eigenvalue weighted by atomic mass is 79.9. The molecule has 0 bridgehead atoms. The normalized spacial score (nSPS) is 10.6. The van der Waals surface area contributed by atoms with Gasteiger partial charge in [-0.25, -0.2) is 9.78 Å². The van der Waals surface area contributed by atoms with Crippen molar-refractivity contribution in [2.24, 2.45) is 0 Å². The minimum atomic E-state index is -1.18. The largest absolute Gasteiger partial charge is 0.476 e. The van der Waals surface area contributed by atoms with Crippen LogP contribution in [0.1, 0.15) is 32.0 Å². The zero-order valence-corrected chi connectivity index (χ0v) is 13.9. The number of ketones is 1. The first kappa shape index (κ1) is 15.1. The molecule has 20 heavy (non-hydrogen) atoms. The second-order valence-electron chi connectivity index (χ2n) is 4.12. The van der Waals surface area contributed by atoms with E-state index >= 15 is 0 Å². The maximum atomic E-state index is 11.5. The van der Waals surface area contributed by atoms with Crippen LogP contribution < -0.4 is 4.90 Å². The van der Waals surface area contributed by atoms with Crippen molar-refractivity contribution in [3.8, 4) is 0 Å². The molecule has 0 saturated heterocycles. The van der Waals surface area contributed by atoms with E-state index in [2.05, 4.69) is 20.9 Å². The first-order valence-corrected chi connectivity index (χ1v) is 8.06. The zero-order chi connectivity index (χ0) is 14.9. The monoisotopic (exact) mass is 374 g/mol. The molecule has 5 nitrogen and oxygen atoms in total. The van der Waals surface area contributed by atoms with Gasteiger partial charge in [0.1, 0.15) is 4.88 Å². The van der Waals surface area contributed by atoms with Gasteiger partial charge >= 0.3 is 5.97 Å². The fourth-order valence-corrected chi connectivity index (χ4v) is 4.01. The number of halogens is 1. The number of anilines is 1. The maximum Gasteiger partial charge on any atom is 0.356 e. The van der Waals surface area contributed by atoms with Gasteiger partial charge in [0.15, 0.2) is 16.6 Å². The average molecular weight is 375 g/mol. The molecular weight excluding hydrogens is 364 g/mol. The van der Waals surface area contributed by atoms with Crippen LogP contribution in [0.25, 0.3) is 0 Å². The lowest BCUT2D eigenvalue weighted by molar-refractivity contribution is 0.0687. The van der Waals surface area contributed by atoms with Gasteiger partial charge in [0.25, 0.3) is 0 Å². The highest BCUT2D eigenvalue weighted by Gasteiger charge is 2.22. The number of thiazole rings is 1. The molecular formula is C12H11BrN2O3S2. The third-order valence-electron chi connectivity index (χ3n) is 2.48. The van der Waals surface area contributed by atoms with Crippen LogP contribution in [0.5, 0.6) is 0 Å². The Kier molecular flexibility index (Phi) is 4.56. The average Bonchev–Trinajstić information content (AvgIpc) is 2.95. The molecule has 2 aromatic rings. The van der Waals surface area contributed by atoms with Crippen LogP contribution in [-0.2, 0) is 6.54 Å². The molecule has 0 aliphatic heterocycles. The van der Waals surface area contributed by atoms with Crippen molar-refractivity contribution in [1.82, 2.24) is 4.98 Å². The minimum absolute atomic E-state index is 0.170. The number of carboxylic acid groups (broad SMARTS) is 1. The van der Waals surface area contributed by atoms with Crippen molar-refractivity contribution < 1.29 is 14.7 Å². The summed E-state index contributed by atoms with van der Waals surface area (Å²) in [6, 6.07) is 2.00. The number of hydrogen-bond acceptors (Lipinski definition) is 6. The molecule has 0 spiro atoms. The van der Waals surface area contributed by atoms with Gasteiger partial charge in [-0.3, -0.25) is 4.79 Å². The smallest absolute Gasteiger partial charge is 0.356 e. The number of thiophene rings is 1. The Hall–Kier alpha value is -1.25. The molecule has 0 saturated carbocycles. The Morgan fingerprint density at radius 2 is 2.20 bits per heavy atom. The second-order valence-corrected chi connectivity index (χ2v) is 7.01. The lowest BCUT2D eigenvalue weighted by Gasteiger charge is -2.13. The Morgan fingerprint density at radius 1 is 1.50 bits per heavy atom. The second kappa shape index (κ2) is 6.02. The van der Waals surface area contributed by atoms with Crippen molar-refractivity contribution in [3.05, 3.63) is 31.4 Å². The summed E-state index contributed by atoms with van der Waals surface area (Å²) in [5.41, 5.74) is -0.170. The molecule has 2 heterocycles. The summed E-state index contributed by atoms with van der Waals surface area (Å²) >= 11 is 6.10. The van der Waals surface area contributed by atoms with Gasteiger partial charge in [-0.15, -0.1) is 11.3 Å². The Balaban J connectivity index is 2.26. The van der Waals surface area contributed by atoms with Crippen LogP contribution in [0.15, 0.2) is 15.9 Å². The number of carbonyl (C=O) groups excluding carboxylic acids is 1. The van der Waals surface area contributed by atoms with Crippen LogP contribution in [0.3, 0.4) is 0 Å². The van der Waals surface area contributed by atoms with Crippen LogP contribution in [-0.4, -0.2) is 28.9 Å². The molecule has 2 rings (SSSR count). The molecule has 0 atom stereocenters. The summed E-state index contributed by atoms with van der Waals surface area (Å²) in [6.45, 7) is 1.96. The van der Waals surface area contributed by atoms with Crippen molar-refractivity contribution >= 4 is 55.5 Å². The van der Waals surface area contributed by atoms with E-state index in [0.717, 1.165) is 20.7 Å². The van der Waals surface area contributed by atoms with Crippen molar-refractivity contribution in [1.29, 1.82) is 0 Å². The lowest BCUT2D eigenvalue weighted by atomic mass is 10.3. The molecule has 0 amide bonds. The number of nitrogens with zero attached hydrogens (tertiary/aromatic N) is 2. The van der Waals surface area contributed by atoms with Gasteiger partial charge in [0.2, 0.25) is 0 Å². The van der Waals surface area contributed by atoms with Crippen LogP contribution in [0.4, 0.5) is 5.13 Å². The molecule has 0 aromatic carbocycles. The van der Waals surface area contributed by atoms with Gasteiger partial charge in [-0.1, -0.05) is 11.3 Å². The Bertz CT molecular complexity index is 634. The van der Waals surface area contributed by atoms with Crippen molar-refractivity contribution in [2.45, 2.75) is 13.5 Å². The van der Waals surface area contributed by atoms with Gasteiger partial charge in [-0.05, 0) is 22.0 Å². The van der Waals surface area contributed by atoms with E-state index in [-0.39, 0.29) is 16.4 Å². The summed E-state index contributed by atoms with van der Waals surface area (Å²) in [4.78, 5) is 29.7. The number of hydrogen-bond donors (Lipinski definition) is 1. The van der Waals surface area contributed by atoms with Crippen LogP contribution in [0, 0.1) is 0 Å². The van der Waals surface area contributed by atoms with Gasteiger partial charge in [-0.2, -0.15) is 0 Å². The lowest BCUT2D eigenvalue weighted by Crippen LogP contribution is -2.15. The van der Waals surface area contributed by atoms with Gasteiger partial charge in [0.05, 0.1) is 6.54 Å². The highest BCUT2D eigenvalue weighted by Crippen LogP contribution is 2.29. The maximum absolute atomic E-state index is 11.5. The standard InChI is InChI=1S/C12H11BrN2O3S2/c1-6(16)10-9(11(17)18)14-12(20-10)15(2)4-8-3-7(13)5-19-8/h3,5H,4H2,1-2H3,(H,17,18). The molecule has 0 fully saturated rings. The first-order chi connectivity index (χ1) is 9.38. The topological polar surface area (TPSA) is 70.5 Å². The number of carbonyl (C=O) groups is 2. The Morgan fingerprint density at radius 3 is 2.65 bits per heavy atom. The van der Waals surface area contributed by atoms with E-state index in [4.69, 9.17) is 5.11 Å². The third kappa shape index (κ3) is 3.25. The zero-order valence-electron chi connectivity index (χ0n) is 10.7. The molecule has 106 valence electrons. The number of aromatic nitrogens is 1. The molecule has 0 radical (unpaired) electrons. The van der Waals surface area contributed by atoms with E-state index < -0.39 is 5.97 Å². The fourth-order valence-electron chi connectivity index (χ4n) is 1.59. The van der Waals surface area contributed by atoms with E-state index in [0.29, 0.717) is 11.7 Å². The molecule has 0 aliphatic rings. The summed E-state index contributed by atoms with van der Waals surface area (Å²) < 4.78 is 1.01. The third-order valence-corrected chi connectivity index (χ3v) is 5.43. The van der Waals surface area contributed by atoms with Crippen molar-refractivity contribution in [2.75, 3.05) is 11.9 Å². The van der Waals surface area contributed by atoms with E-state index in [1.165, 1.54) is 6.92 Å². The molecule has 0 unspecified atom stereocenters. The minimum Gasteiger partial charge on any atom is -0.476 e. The fraction of sp³-hybridized carbons (Fsp3) is 0.250. The number of rotatable bonds is 5. The van der Waals surface area contributed by atoms with Crippen LogP contribution in [0.2, 0.25) is 0 Å². The van der Waals surface area contributed by atoms with Gasteiger partial charge < -0.3 is 10.0 Å². The highest BCUT2D eigenvalue weighted by molar-refractivity contribution is 9.10. The quantitative estimate of drug-likeness (QED) is 0.810. The predicted molar refractivity (Wildman–Crippen MR) is 83.2 cm³/mol. The molecule has 8 heteroatoms. The number of aromatic carboxylic acids is 1. The first-order valence-electron chi connectivity index (χ1n) is 5.57. The summed E-state index contributed by atoms with van der Waals surface area (Å²) in [7, 11) is 1.82. The summed E-state index contributed by atoms with van der Waals surface area (Å²) in [5, 5.41) is 11.6. The van der Waals surface area contributed by atoms with Crippen LogP contribution >= 0.6 is 38.6 Å². The SMILES string of the molecule is CC(=O)c1sc(N(C)Cc2cc(Br)cs2)nc1C(=O)O. The van der Waals surface area contributed by atoms with Crippen molar-refractivity contribution in [3.63, 3.8) is 0 Å². The Labute approximate surface area is 132 Å². The van der Waals surface area contributed by atoms with E-state index in [1.54, 1.807) is 11.3 Å². The number of Topliss-reactive ketones (excluding diaryl/α,β-unsaturated/α-hetero) is 1. The number of carboxylic acids is 1. The summed E-state index contributed by atoms with van der Waals surface area (Å²) in [6.07, 6.45) is 0. The molecule has 0 aliphatic carbocycles.